The molecule has 180 valence electrons. The molecule has 0 radical (unpaired) electrons. The van der Waals surface area contributed by atoms with Crippen LogP contribution < -0.4 is 0 Å². The van der Waals surface area contributed by atoms with Gasteiger partial charge in [0.1, 0.15) is 0 Å². The van der Waals surface area contributed by atoms with E-state index in [0.717, 1.165) is 0 Å². The van der Waals surface area contributed by atoms with Gasteiger partial charge in [0.25, 0.3) is 0 Å². The molecule has 1 fully saturated rings. The third-order valence-electron chi connectivity index (χ3n) is 5.47. The second-order valence-electron chi connectivity index (χ2n) is 7.90. The molecule has 5 atom stereocenters. The van der Waals surface area contributed by atoms with E-state index in [4.69, 9.17) is 18.9 Å². The molecule has 4 rings (SSSR count). The third kappa shape index (κ3) is 5.96. The van der Waals surface area contributed by atoms with Crippen molar-refractivity contribution >= 4 is 33.8 Å². The van der Waals surface area contributed by atoms with Crippen LogP contribution in [0.25, 0.3) is 0 Å². The fourth-order valence-electron chi connectivity index (χ4n) is 3.68. The number of benzene rings is 3. The van der Waals surface area contributed by atoms with Gasteiger partial charge in [-0.1, -0.05) is 70.5 Å². The summed E-state index contributed by atoms with van der Waals surface area (Å²) in [6.45, 7) is 1.69. The van der Waals surface area contributed by atoms with Crippen molar-refractivity contribution in [2.24, 2.45) is 0 Å². The summed E-state index contributed by atoms with van der Waals surface area (Å²) in [6.07, 6.45) is -3.96. The fraction of sp³-hybridized carbons (Fsp3) is 0.222. The van der Waals surface area contributed by atoms with Gasteiger partial charge < -0.3 is 18.9 Å². The molecule has 0 aromatic heterocycles. The summed E-state index contributed by atoms with van der Waals surface area (Å²) in [5.41, 5.74) is 0.947. The van der Waals surface area contributed by atoms with E-state index in [1.54, 1.807) is 97.9 Å². The highest BCUT2D eigenvalue weighted by atomic mass is 79.9. The van der Waals surface area contributed by atoms with Gasteiger partial charge in [0.05, 0.1) is 22.8 Å². The summed E-state index contributed by atoms with van der Waals surface area (Å²) >= 11 is 3.39. The Labute approximate surface area is 211 Å². The van der Waals surface area contributed by atoms with Crippen LogP contribution >= 0.6 is 15.9 Å². The monoisotopic (exact) mass is 538 g/mol. The lowest BCUT2D eigenvalue weighted by molar-refractivity contribution is -0.193. The van der Waals surface area contributed by atoms with Crippen molar-refractivity contribution in [3.05, 3.63) is 108 Å². The van der Waals surface area contributed by atoms with Crippen molar-refractivity contribution in [1.82, 2.24) is 0 Å². The Hall–Kier alpha value is -3.49. The quantitative estimate of drug-likeness (QED) is 0.253. The maximum atomic E-state index is 13.0. The van der Waals surface area contributed by atoms with E-state index in [9.17, 15) is 14.4 Å². The van der Waals surface area contributed by atoms with Crippen LogP contribution in [0.1, 0.15) is 38.0 Å². The molecule has 3 aromatic carbocycles. The van der Waals surface area contributed by atoms with Gasteiger partial charge in [0, 0.05) is 0 Å². The standard InChI is InChI=1S/C27H23BrO7/c1-17-21(33-25(29)18-11-5-2-6-12-18)22(34-26(30)19-13-7-3-8-14-19)23(24(28)32-17)35-27(31)20-15-9-4-10-16-20/h2-17,21-24H,1H3/t17-,21-,22+,23+,24?/m0/s1. The van der Waals surface area contributed by atoms with Crippen molar-refractivity contribution < 1.29 is 33.3 Å². The normalized spacial score (nSPS) is 23.7. The van der Waals surface area contributed by atoms with Crippen LogP contribution in [0.2, 0.25) is 0 Å². The molecular weight excluding hydrogens is 516 g/mol. The van der Waals surface area contributed by atoms with E-state index in [-0.39, 0.29) is 0 Å². The predicted molar refractivity (Wildman–Crippen MR) is 130 cm³/mol. The zero-order chi connectivity index (χ0) is 24.8. The number of alkyl halides is 1. The Kier molecular flexibility index (Phi) is 7.94. The summed E-state index contributed by atoms with van der Waals surface area (Å²) in [5.74, 6) is -1.90. The average molecular weight is 539 g/mol. The molecule has 7 nitrogen and oxygen atoms in total. The number of carbonyl (C=O) groups is 3. The molecule has 0 saturated carbocycles. The largest absolute Gasteiger partial charge is 0.452 e. The van der Waals surface area contributed by atoms with Gasteiger partial charge in [-0.15, -0.1) is 0 Å². The van der Waals surface area contributed by atoms with E-state index in [0.29, 0.717) is 16.7 Å². The van der Waals surface area contributed by atoms with Crippen LogP contribution in [0.15, 0.2) is 91.0 Å². The van der Waals surface area contributed by atoms with Gasteiger partial charge >= 0.3 is 17.9 Å². The Morgan fingerprint density at radius 2 is 0.943 bits per heavy atom. The molecule has 0 N–H and O–H groups in total. The van der Waals surface area contributed by atoms with E-state index < -0.39 is 47.3 Å². The lowest BCUT2D eigenvalue weighted by Crippen LogP contribution is -2.59. The van der Waals surface area contributed by atoms with Crippen LogP contribution in [-0.2, 0) is 18.9 Å². The molecule has 0 aliphatic carbocycles. The van der Waals surface area contributed by atoms with E-state index in [1.807, 2.05) is 0 Å². The molecule has 1 heterocycles. The molecular formula is C27H23BrO7. The molecule has 1 aliphatic rings. The van der Waals surface area contributed by atoms with Crippen LogP contribution in [0.3, 0.4) is 0 Å². The van der Waals surface area contributed by atoms with Crippen LogP contribution in [0.5, 0.6) is 0 Å². The molecule has 1 aliphatic heterocycles. The molecule has 8 heteroatoms. The number of rotatable bonds is 6. The maximum Gasteiger partial charge on any atom is 0.338 e. The summed E-state index contributed by atoms with van der Waals surface area (Å²) < 4.78 is 23.2. The lowest BCUT2D eigenvalue weighted by atomic mass is 9.99. The number of esters is 3. The van der Waals surface area contributed by atoms with Crippen molar-refractivity contribution in [2.75, 3.05) is 0 Å². The number of hydrogen-bond acceptors (Lipinski definition) is 7. The highest BCUT2D eigenvalue weighted by Crippen LogP contribution is 2.32. The van der Waals surface area contributed by atoms with E-state index in [1.165, 1.54) is 0 Å². The molecule has 1 unspecified atom stereocenters. The smallest absolute Gasteiger partial charge is 0.338 e. The van der Waals surface area contributed by atoms with E-state index >= 15 is 0 Å². The summed E-state index contributed by atoms with van der Waals surface area (Å²) in [4.78, 5) is 38.7. The number of hydrogen-bond donors (Lipinski definition) is 0. The highest BCUT2D eigenvalue weighted by molar-refractivity contribution is 9.09. The minimum absolute atomic E-state index is 0.305. The van der Waals surface area contributed by atoms with Gasteiger partial charge in [-0.2, -0.15) is 0 Å². The topological polar surface area (TPSA) is 88.1 Å². The minimum atomic E-state index is -1.14. The maximum absolute atomic E-state index is 13.0. The summed E-state index contributed by atoms with van der Waals surface area (Å²) in [7, 11) is 0. The van der Waals surface area contributed by atoms with Crippen molar-refractivity contribution in [3.8, 4) is 0 Å². The van der Waals surface area contributed by atoms with Gasteiger partial charge in [0.15, 0.2) is 23.3 Å². The highest BCUT2D eigenvalue weighted by Gasteiger charge is 2.50. The van der Waals surface area contributed by atoms with Gasteiger partial charge in [-0.3, -0.25) is 0 Å². The SMILES string of the molecule is C[C@@H]1OC(Br)[C@H](OC(=O)c2ccccc2)[C@H](OC(=O)c2ccccc2)[C@H]1OC(=O)c1ccccc1. The Morgan fingerprint density at radius 1 is 0.600 bits per heavy atom. The lowest BCUT2D eigenvalue weighted by Gasteiger charge is -2.42. The minimum Gasteiger partial charge on any atom is -0.452 e. The third-order valence-corrected chi connectivity index (χ3v) is 6.21. The van der Waals surface area contributed by atoms with Crippen LogP contribution in [-0.4, -0.2) is 47.3 Å². The first kappa shape index (κ1) is 24.6. The van der Waals surface area contributed by atoms with Gasteiger partial charge in [-0.05, 0) is 43.3 Å². The number of carbonyl (C=O) groups excluding carboxylic acids is 3. The first-order chi connectivity index (χ1) is 16.9. The first-order valence-electron chi connectivity index (χ1n) is 11.0. The van der Waals surface area contributed by atoms with Crippen LogP contribution in [0, 0.1) is 0 Å². The fourth-order valence-corrected chi connectivity index (χ4v) is 4.43. The molecule has 1 saturated heterocycles. The molecule has 35 heavy (non-hydrogen) atoms. The van der Waals surface area contributed by atoms with Crippen molar-refractivity contribution in [1.29, 1.82) is 0 Å². The van der Waals surface area contributed by atoms with Gasteiger partial charge in [0.2, 0.25) is 0 Å². The summed E-state index contributed by atoms with van der Waals surface area (Å²) in [5, 5.41) is -0.814. The average Bonchev–Trinajstić information content (AvgIpc) is 2.89. The van der Waals surface area contributed by atoms with Gasteiger partial charge in [-0.25, -0.2) is 14.4 Å². The molecule has 3 aromatic rings. The second-order valence-corrected chi connectivity index (χ2v) is 8.80. The first-order valence-corrected chi connectivity index (χ1v) is 11.9. The molecule has 0 amide bonds. The number of halogens is 1. The zero-order valence-electron chi connectivity index (χ0n) is 18.8. The zero-order valence-corrected chi connectivity index (χ0v) is 20.4. The Bertz CT molecular complexity index is 1090. The Balaban J connectivity index is 1.63. The summed E-state index contributed by atoms with van der Waals surface area (Å²) in [6, 6.07) is 25.2. The number of ether oxygens (including phenoxy) is 4. The Morgan fingerprint density at radius 3 is 1.34 bits per heavy atom. The predicted octanol–water partition coefficient (Wildman–Crippen LogP) is 4.80. The van der Waals surface area contributed by atoms with Crippen LogP contribution in [0.4, 0.5) is 0 Å². The van der Waals surface area contributed by atoms with E-state index in [2.05, 4.69) is 15.9 Å². The van der Waals surface area contributed by atoms with Crippen molar-refractivity contribution in [3.63, 3.8) is 0 Å². The van der Waals surface area contributed by atoms with Crippen molar-refractivity contribution in [2.45, 2.75) is 36.4 Å². The molecule has 0 spiro atoms. The molecule has 0 bridgehead atoms. The second kappa shape index (κ2) is 11.3.